The molecule has 5 nitrogen and oxygen atoms in total. The first kappa shape index (κ1) is 20.5. The van der Waals surface area contributed by atoms with Gasteiger partial charge in [0.25, 0.3) is 0 Å². The molecule has 3 aromatic carbocycles. The van der Waals surface area contributed by atoms with Crippen LogP contribution in [0.1, 0.15) is 41.5 Å². The highest BCUT2D eigenvalue weighted by Crippen LogP contribution is 2.43. The van der Waals surface area contributed by atoms with Gasteiger partial charge in [-0.15, -0.1) is 0 Å². The molecule has 0 unspecified atom stereocenters. The number of carbonyl (C=O) groups is 1. The zero-order valence-electron chi connectivity index (χ0n) is 18.8. The fourth-order valence-electron chi connectivity index (χ4n) is 5.15. The normalized spacial score (nSPS) is 19.6. The van der Waals surface area contributed by atoms with Crippen molar-refractivity contribution in [2.75, 3.05) is 10.6 Å². The van der Waals surface area contributed by atoms with E-state index in [9.17, 15) is 9.59 Å². The van der Waals surface area contributed by atoms with E-state index in [2.05, 4.69) is 22.8 Å². The molecule has 0 bridgehead atoms. The summed E-state index contributed by atoms with van der Waals surface area (Å²) in [4.78, 5) is 27.3. The molecular weight excluding hydrogens is 424 g/mol. The molecule has 0 saturated heterocycles. The molecule has 1 aliphatic carbocycles. The van der Waals surface area contributed by atoms with Gasteiger partial charge in [0.15, 0.2) is 11.2 Å². The zero-order chi connectivity index (χ0) is 23.2. The quantitative estimate of drug-likeness (QED) is 0.389. The largest absolute Gasteiger partial charge is 0.464 e. The lowest BCUT2D eigenvalue weighted by atomic mass is 9.78. The molecule has 2 N–H and O–H groups in total. The average molecular weight is 449 g/mol. The summed E-state index contributed by atoms with van der Waals surface area (Å²) in [5.41, 5.74) is 6.19. The number of benzene rings is 3. The van der Waals surface area contributed by atoms with E-state index in [0.29, 0.717) is 34.9 Å². The van der Waals surface area contributed by atoms with Crippen molar-refractivity contribution in [3.8, 4) is 0 Å². The van der Waals surface area contributed by atoms with Crippen LogP contribution in [0.15, 0.2) is 99.5 Å². The first-order valence-electron chi connectivity index (χ1n) is 11.5. The molecule has 2 atom stereocenters. The lowest BCUT2D eigenvalue weighted by Gasteiger charge is -2.29. The average Bonchev–Trinajstić information content (AvgIpc) is 3.02. The highest BCUT2D eigenvalue weighted by atomic mass is 16.3. The minimum absolute atomic E-state index is 0.0386. The van der Waals surface area contributed by atoms with Gasteiger partial charge in [-0.25, -0.2) is 0 Å². The van der Waals surface area contributed by atoms with Crippen LogP contribution in [0.5, 0.6) is 0 Å². The molecule has 168 valence electrons. The van der Waals surface area contributed by atoms with E-state index in [1.54, 1.807) is 0 Å². The molecule has 1 aliphatic heterocycles. The van der Waals surface area contributed by atoms with Gasteiger partial charge in [0.1, 0.15) is 11.8 Å². The summed E-state index contributed by atoms with van der Waals surface area (Å²) in [5, 5.41) is 7.52. The topological polar surface area (TPSA) is 71.3 Å². The Hall–Kier alpha value is -4.12. The van der Waals surface area contributed by atoms with Crippen LogP contribution in [-0.2, 0) is 4.79 Å². The van der Waals surface area contributed by atoms with Crippen molar-refractivity contribution >= 4 is 28.1 Å². The Balaban J connectivity index is 1.53. The summed E-state index contributed by atoms with van der Waals surface area (Å²) in [7, 11) is 0. The van der Waals surface area contributed by atoms with E-state index in [-0.39, 0.29) is 17.1 Å². The number of Topliss-reactive ketones (excluding diaryl/α,β-unsaturated/α-hetero) is 1. The third kappa shape index (κ3) is 3.41. The fourth-order valence-corrected chi connectivity index (χ4v) is 5.15. The number of hydrogen-bond donors (Lipinski definition) is 2. The number of rotatable bonds is 2. The van der Waals surface area contributed by atoms with E-state index in [1.165, 1.54) is 6.26 Å². The molecule has 2 heterocycles. The molecule has 0 radical (unpaired) electrons. The SMILES string of the molecule is Cc1ccc2occ([C@H]3Nc4ccccc4NC4=C3C(=O)C[C@@H](c3ccccc3)C4)c(=O)c2c1. The summed E-state index contributed by atoms with van der Waals surface area (Å²) in [6.45, 7) is 1.95. The Morgan fingerprint density at radius 1 is 0.882 bits per heavy atom. The van der Waals surface area contributed by atoms with Crippen molar-refractivity contribution in [3.05, 3.63) is 117 Å². The van der Waals surface area contributed by atoms with Crippen LogP contribution in [0.3, 0.4) is 0 Å². The second-order valence-corrected chi connectivity index (χ2v) is 9.10. The number of aryl methyl sites for hydroxylation is 1. The second-order valence-electron chi connectivity index (χ2n) is 9.10. The molecular formula is C29H24N2O3. The van der Waals surface area contributed by atoms with E-state index in [1.807, 2.05) is 67.6 Å². The van der Waals surface area contributed by atoms with E-state index < -0.39 is 6.04 Å². The smallest absolute Gasteiger partial charge is 0.198 e. The first-order valence-corrected chi connectivity index (χ1v) is 11.5. The van der Waals surface area contributed by atoms with E-state index in [4.69, 9.17) is 4.42 Å². The monoisotopic (exact) mass is 448 g/mol. The molecule has 0 spiro atoms. The predicted molar refractivity (Wildman–Crippen MR) is 134 cm³/mol. The van der Waals surface area contributed by atoms with Crippen molar-refractivity contribution in [2.24, 2.45) is 0 Å². The number of carbonyl (C=O) groups excluding carboxylic acids is 1. The highest BCUT2D eigenvalue weighted by molar-refractivity contribution is 6.01. The maximum atomic E-state index is 13.7. The van der Waals surface area contributed by atoms with Gasteiger partial charge >= 0.3 is 0 Å². The van der Waals surface area contributed by atoms with Crippen molar-refractivity contribution in [1.29, 1.82) is 0 Å². The van der Waals surface area contributed by atoms with Crippen molar-refractivity contribution < 1.29 is 9.21 Å². The number of hydrogen-bond acceptors (Lipinski definition) is 5. The molecule has 0 saturated carbocycles. The van der Waals surface area contributed by atoms with E-state index in [0.717, 1.165) is 28.2 Å². The van der Waals surface area contributed by atoms with Gasteiger partial charge in [-0.3, -0.25) is 9.59 Å². The number of anilines is 2. The Morgan fingerprint density at radius 3 is 2.47 bits per heavy atom. The van der Waals surface area contributed by atoms with Crippen molar-refractivity contribution in [1.82, 2.24) is 0 Å². The Morgan fingerprint density at radius 2 is 1.65 bits per heavy atom. The van der Waals surface area contributed by atoms with Gasteiger partial charge in [0.2, 0.25) is 0 Å². The Kier molecular flexibility index (Phi) is 4.84. The lowest BCUT2D eigenvalue weighted by Crippen LogP contribution is -2.29. The summed E-state index contributed by atoms with van der Waals surface area (Å²) in [6.07, 6.45) is 2.60. The maximum absolute atomic E-state index is 13.7. The van der Waals surface area contributed by atoms with Gasteiger partial charge in [0.05, 0.1) is 28.4 Å². The van der Waals surface area contributed by atoms with Gasteiger partial charge < -0.3 is 15.1 Å². The predicted octanol–water partition coefficient (Wildman–Crippen LogP) is 6.08. The molecule has 0 amide bonds. The summed E-state index contributed by atoms with van der Waals surface area (Å²) in [6, 6.07) is 23.0. The second kappa shape index (κ2) is 8.03. The van der Waals surface area contributed by atoms with Crippen molar-refractivity contribution in [3.63, 3.8) is 0 Å². The molecule has 2 aliphatic rings. The van der Waals surface area contributed by atoms with Crippen LogP contribution in [0, 0.1) is 6.92 Å². The van der Waals surface area contributed by atoms with Crippen LogP contribution in [0.4, 0.5) is 11.4 Å². The zero-order valence-corrected chi connectivity index (χ0v) is 18.8. The molecule has 1 aromatic heterocycles. The van der Waals surface area contributed by atoms with Crippen LogP contribution >= 0.6 is 0 Å². The number of ketones is 1. The highest BCUT2D eigenvalue weighted by Gasteiger charge is 2.37. The first-order chi connectivity index (χ1) is 16.6. The summed E-state index contributed by atoms with van der Waals surface area (Å²) < 4.78 is 5.87. The number of nitrogens with one attached hydrogen (secondary N) is 2. The molecule has 6 rings (SSSR count). The van der Waals surface area contributed by atoms with Crippen LogP contribution in [0.2, 0.25) is 0 Å². The van der Waals surface area contributed by atoms with Gasteiger partial charge in [-0.05, 0) is 49.1 Å². The summed E-state index contributed by atoms with van der Waals surface area (Å²) >= 11 is 0. The minimum Gasteiger partial charge on any atom is -0.464 e. The molecule has 4 aromatic rings. The van der Waals surface area contributed by atoms with Crippen LogP contribution in [-0.4, -0.2) is 5.78 Å². The van der Waals surface area contributed by atoms with Gasteiger partial charge in [-0.1, -0.05) is 54.1 Å². The third-order valence-corrected chi connectivity index (χ3v) is 6.85. The molecule has 0 fully saturated rings. The molecule has 34 heavy (non-hydrogen) atoms. The maximum Gasteiger partial charge on any atom is 0.198 e. The standard InChI is InChI=1S/C29H24N2O3/c1-17-11-12-26-20(13-17)29(33)21(16-34-26)28-27-24(30-22-9-5-6-10-23(22)31-28)14-19(15-25(27)32)18-7-3-2-4-8-18/h2-13,16,19,28,30-31H,14-15H2,1H3/t19-,28+/m0/s1. The number of fused-ring (bicyclic) bond motifs is 2. The Bertz CT molecular complexity index is 1520. The van der Waals surface area contributed by atoms with E-state index >= 15 is 0 Å². The van der Waals surface area contributed by atoms with Crippen molar-refractivity contribution in [2.45, 2.75) is 31.7 Å². The minimum atomic E-state index is -0.600. The molecule has 5 heteroatoms. The van der Waals surface area contributed by atoms with Crippen LogP contribution < -0.4 is 16.1 Å². The Labute approximate surface area is 197 Å². The fraction of sp³-hybridized carbons (Fsp3) is 0.172. The third-order valence-electron chi connectivity index (χ3n) is 6.85. The lowest BCUT2D eigenvalue weighted by molar-refractivity contribution is -0.116. The number of para-hydroxylation sites is 2. The van der Waals surface area contributed by atoms with Crippen LogP contribution in [0.25, 0.3) is 11.0 Å². The van der Waals surface area contributed by atoms with Gasteiger partial charge in [-0.2, -0.15) is 0 Å². The number of allylic oxidation sites excluding steroid dienone is 1. The summed E-state index contributed by atoms with van der Waals surface area (Å²) in [5.74, 6) is 0.123. The van der Waals surface area contributed by atoms with Gasteiger partial charge in [0, 0.05) is 17.7 Å².